The second-order valence-corrected chi connectivity index (χ2v) is 7.11. The van der Waals surface area contributed by atoms with Crippen molar-refractivity contribution in [1.82, 2.24) is 15.6 Å². The Bertz CT molecular complexity index is 706. The van der Waals surface area contributed by atoms with Gasteiger partial charge in [-0.2, -0.15) is 0 Å². The van der Waals surface area contributed by atoms with Gasteiger partial charge in [0, 0.05) is 12.1 Å². The first-order valence-corrected chi connectivity index (χ1v) is 8.43. The summed E-state index contributed by atoms with van der Waals surface area (Å²) in [6.07, 6.45) is 2.10. The number of thiazole rings is 1. The van der Waals surface area contributed by atoms with Crippen LogP contribution in [0.25, 0.3) is 10.2 Å². The number of fused-ring (bicyclic) bond motifs is 1. The lowest BCUT2D eigenvalue weighted by molar-refractivity contribution is -0.125. The lowest BCUT2D eigenvalue weighted by Crippen LogP contribution is -2.38. The van der Waals surface area contributed by atoms with Crippen molar-refractivity contribution in [2.24, 2.45) is 0 Å². The second kappa shape index (κ2) is 6.29. The minimum absolute atomic E-state index is 0.0274. The largest absolute Gasteiger partial charge is 0.352 e. The molecule has 1 saturated carbocycles. The summed E-state index contributed by atoms with van der Waals surface area (Å²) in [6, 6.07) is 3.26. The van der Waals surface area contributed by atoms with Crippen LogP contribution in [0.1, 0.15) is 17.8 Å². The Kier molecular flexibility index (Phi) is 4.39. The molecule has 0 spiro atoms. The van der Waals surface area contributed by atoms with E-state index in [4.69, 9.17) is 0 Å². The highest BCUT2D eigenvalue weighted by Gasteiger charge is 2.23. The molecule has 0 radical (unpaired) electrons. The van der Waals surface area contributed by atoms with E-state index in [-0.39, 0.29) is 36.6 Å². The van der Waals surface area contributed by atoms with Crippen molar-refractivity contribution in [2.45, 2.75) is 25.3 Å². The number of rotatable bonds is 5. The Morgan fingerprint density at radius 2 is 2.14 bits per heavy atom. The molecule has 2 aromatic rings. The van der Waals surface area contributed by atoms with Crippen molar-refractivity contribution in [3.63, 3.8) is 0 Å². The normalized spacial score (nSPS) is 14.1. The molecule has 1 heterocycles. The number of carbonyl (C=O) groups excluding carboxylic acids is 2. The quantitative estimate of drug-likeness (QED) is 0.827. The van der Waals surface area contributed by atoms with Crippen LogP contribution in [0.4, 0.5) is 4.39 Å². The molecule has 2 N–H and O–H groups in total. The number of hydrogen-bond donors (Lipinski definition) is 2. The number of hydrogen-bond acceptors (Lipinski definition) is 4. The highest BCUT2D eigenvalue weighted by molar-refractivity contribution is 9.10. The Morgan fingerprint density at radius 3 is 2.86 bits per heavy atom. The fourth-order valence-corrected chi connectivity index (χ4v) is 3.41. The van der Waals surface area contributed by atoms with Crippen LogP contribution in [0, 0.1) is 5.82 Å². The Balaban J connectivity index is 1.57. The van der Waals surface area contributed by atoms with E-state index < -0.39 is 0 Å². The van der Waals surface area contributed by atoms with Gasteiger partial charge in [0.2, 0.25) is 11.8 Å². The van der Waals surface area contributed by atoms with E-state index in [1.54, 1.807) is 6.07 Å². The molecule has 0 aliphatic heterocycles. The second-order valence-electron chi connectivity index (χ2n) is 5.14. The lowest BCUT2D eigenvalue weighted by Gasteiger charge is -2.04. The van der Waals surface area contributed by atoms with Gasteiger partial charge in [-0.15, -0.1) is 11.3 Å². The molecule has 1 fully saturated rings. The SMILES string of the molecule is O=C(Cc1nc2cc(F)c(Br)cc2s1)NCC(=O)NC1CC1. The molecule has 3 rings (SSSR count). The van der Waals surface area contributed by atoms with Crippen molar-refractivity contribution in [3.05, 3.63) is 27.4 Å². The Hall–Kier alpha value is -1.54. The molecule has 116 valence electrons. The predicted octanol–water partition coefficient (Wildman–Crippen LogP) is 2.14. The van der Waals surface area contributed by atoms with Crippen molar-refractivity contribution >= 4 is 49.3 Å². The average molecular weight is 386 g/mol. The molecular weight excluding hydrogens is 373 g/mol. The molecule has 22 heavy (non-hydrogen) atoms. The number of amides is 2. The monoisotopic (exact) mass is 385 g/mol. The van der Waals surface area contributed by atoms with E-state index in [1.807, 2.05) is 0 Å². The van der Waals surface area contributed by atoms with Gasteiger partial charge in [-0.1, -0.05) is 0 Å². The predicted molar refractivity (Wildman–Crippen MR) is 85.2 cm³/mol. The number of aromatic nitrogens is 1. The summed E-state index contributed by atoms with van der Waals surface area (Å²) in [4.78, 5) is 27.5. The first-order chi connectivity index (χ1) is 10.5. The van der Waals surface area contributed by atoms with Gasteiger partial charge < -0.3 is 10.6 Å². The zero-order valence-electron chi connectivity index (χ0n) is 11.5. The van der Waals surface area contributed by atoms with Gasteiger partial charge in [-0.05, 0) is 34.8 Å². The van der Waals surface area contributed by atoms with Crippen molar-refractivity contribution < 1.29 is 14.0 Å². The summed E-state index contributed by atoms with van der Waals surface area (Å²) in [5, 5.41) is 5.95. The maximum absolute atomic E-state index is 13.4. The molecule has 8 heteroatoms. The first-order valence-electron chi connectivity index (χ1n) is 6.82. The molecule has 1 aromatic carbocycles. The summed E-state index contributed by atoms with van der Waals surface area (Å²) in [7, 11) is 0. The molecule has 1 aliphatic rings. The highest BCUT2D eigenvalue weighted by Crippen LogP contribution is 2.28. The van der Waals surface area contributed by atoms with E-state index in [2.05, 4.69) is 31.5 Å². The third kappa shape index (κ3) is 3.80. The van der Waals surface area contributed by atoms with Gasteiger partial charge in [-0.25, -0.2) is 9.37 Å². The molecule has 1 aromatic heterocycles. The highest BCUT2D eigenvalue weighted by atomic mass is 79.9. The van der Waals surface area contributed by atoms with Crippen LogP contribution in [0.15, 0.2) is 16.6 Å². The van der Waals surface area contributed by atoms with Crippen LogP contribution in [-0.4, -0.2) is 29.4 Å². The van der Waals surface area contributed by atoms with Crippen LogP contribution in [0.3, 0.4) is 0 Å². The van der Waals surface area contributed by atoms with Crippen LogP contribution in [0.2, 0.25) is 0 Å². The maximum Gasteiger partial charge on any atom is 0.239 e. The standard InChI is InChI=1S/C14H13BrFN3O2S/c15-8-3-11-10(4-9(8)16)19-14(22-11)5-12(20)17-6-13(21)18-7-1-2-7/h3-4,7H,1-2,5-6H2,(H,17,20)(H,18,21). The Morgan fingerprint density at radius 1 is 1.36 bits per heavy atom. The van der Waals surface area contributed by atoms with Gasteiger partial charge >= 0.3 is 0 Å². The molecule has 0 unspecified atom stereocenters. The summed E-state index contributed by atoms with van der Waals surface area (Å²) >= 11 is 4.46. The van der Waals surface area contributed by atoms with E-state index in [9.17, 15) is 14.0 Å². The van der Waals surface area contributed by atoms with Gasteiger partial charge in [0.05, 0.1) is 27.7 Å². The molecule has 2 amide bonds. The van der Waals surface area contributed by atoms with Crippen molar-refractivity contribution in [3.8, 4) is 0 Å². The number of benzene rings is 1. The fraction of sp³-hybridized carbons (Fsp3) is 0.357. The third-order valence-corrected chi connectivity index (χ3v) is 4.80. The number of carbonyl (C=O) groups is 2. The van der Waals surface area contributed by atoms with E-state index in [0.29, 0.717) is 15.0 Å². The molecule has 5 nitrogen and oxygen atoms in total. The van der Waals surface area contributed by atoms with Gasteiger partial charge in [0.15, 0.2) is 0 Å². The van der Waals surface area contributed by atoms with Crippen LogP contribution in [0.5, 0.6) is 0 Å². The van der Waals surface area contributed by atoms with Crippen LogP contribution < -0.4 is 10.6 Å². The van der Waals surface area contributed by atoms with E-state index in [1.165, 1.54) is 17.4 Å². The summed E-state index contributed by atoms with van der Waals surface area (Å²) in [6.45, 7) is -0.0274. The zero-order chi connectivity index (χ0) is 15.7. The average Bonchev–Trinajstić information content (AvgIpc) is 3.18. The molecule has 1 aliphatic carbocycles. The zero-order valence-corrected chi connectivity index (χ0v) is 13.9. The van der Waals surface area contributed by atoms with Gasteiger partial charge in [0.25, 0.3) is 0 Å². The third-order valence-electron chi connectivity index (χ3n) is 3.18. The minimum Gasteiger partial charge on any atom is -0.352 e. The molecule has 0 bridgehead atoms. The number of halogens is 2. The summed E-state index contributed by atoms with van der Waals surface area (Å²) < 4.78 is 14.6. The van der Waals surface area contributed by atoms with E-state index in [0.717, 1.165) is 17.5 Å². The summed E-state index contributed by atoms with van der Waals surface area (Å²) in [5.41, 5.74) is 0.528. The van der Waals surface area contributed by atoms with Crippen LogP contribution in [-0.2, 0) is 16.0 Å². The van der Waals surface area contributed by atoms with Gasteiger partial charge in [0.1, 0.15) is 10.8 Å². The Labute approximate surface area is 138 Å². The maximum atomic E-state index is 13.4. The summed E-state index contributed by atoms with van der Waals surface area (Å²) in [5.74, 6) is -0.832. The molecule has 0 atom stereocenters. The topological polar surface area (TPSA) is 71.1 Å². The van der Waals surface area contributed by atoms with Crippen molar-refractivity contribution in [2.75, 3.05) is 6.54 Å². The van der Waals surface area contributed by atoms with Gasteiger partial charge in [-0.3, -0.25) is 9.59 Å². The van der Waals surface area contributed by atoms with E-state index >= 15 is 0 Å². The molecule has 0 saturated heterocycles. The van der Waals surface area contributed by atoms with Crippen molar-refractivity contribution in [1.29, 1.82) is 0 Å². The lowest BCUT2D eigenvalue weighted by atomic mass is 10.3. The number of nitrogens with one attached hydrogen (secondary N) is 2. The first kappa shape index (κ1) is 15.4. The smallest absolute Gasteiger partial charge is 0.239 e. The van der Waals surface area contributed by atoms with Crippen LogP contribution >= 0.6 is 27.3 Å². The number of nitrogens with zero attached hydrogens (tertiary/aromatic N) is 1. The minimum atomic E-state index is -0.384. The molecular formula is C14H13BrFN3O2S. The fourth-order valence-electron chi connectivity index (χ4n) is 1.93.